The first-order valence-corrected chi connectivity index (χ1v) is 8.65. The molecule has 0 fully saturated rings. The van der Waals surface area contributed by atoms with Gasteiger partial charge < -0.3 is 14.6 Å². The molecular formula is C21H20N2O4. The Morgan fingerprint density at radius 3 is 2.70 bits per heavy atom. The zero-order chi connectivity index (χ0) is 19.3. The number of pyridine rings is 2. The molecule has 1 aromatic carbocycles. The quantitative estimate of drug-likeness (QED) is 0.562. The lowest BCUT2D eigenvalue weighted by Gasteiger charge is -2.14. The molecule has 1 atom stereocenters. The molecule has 4 rings (SSSR count). The molecular weight excluding hydrogens is 344 g/mol. The summed E-state index contributed by atoms with van der Waals surface area (Å²) < 4.78 is 12.6. The van der Waals surface area contributed by atoms with Crippen molar-refractivity contribution in [3.05, 3.63) is 58.2 Å². The van der Waals surface area contributed by atoms with Crippen molar-refractivity contribution in [3.63, 3.8) is 0 Å². The number of benzene rings is 1. The summed E-state index contributed by atoms with van der Waals surface area (Å²) in [5, 5.41) is 10.7. The Kier molecular flexibility index (Phi) is 3.91. The van der Waals surface area contributed by atoms with Crippen LogP contribution in [0.3, 0.4) is 0 Å². The Hall–Kier alpha value is -3.28. The lowest BCUT2D eigenvalue weighted by atomic mass is 10.0. The van der Waals surface area contributed by atoms with E-state index in [-0.39, 0.29) is 17.2 Å². The van der Waals surface area contributed by atoms with Gasteiger partial charge in [-0.15, -0.1) is 0 Å². The Bertz CT molecular complexity index is 1200. The number of hydrogen-bond donors (Lipinski definition) is 1. The average molecular weight is 364 g/mol. The number of nitrogens with zero attached hydrogens (tertiary/aromatic N) is 2. The maximum absolute atomic E-state index is 13.5. The molecule has 6 nitrogen and oxygen atoms in total. The predicted octanol–water partition coefficient (Wildman–Crippen LogP) is 3.99. The van der Waals surface area contributed by atoms with Crippen molar-refractivity contribution in [2.45, 2.75) is 19.8 Å². The first-order valence-electron chi connectivity index (χ1n) is 8.65. The first-order chi connectivity index (χ1) is 13.0. The van der Waals surface area contributed by atoms with E-state index in [1.807, 2.05) is 19.1 Å². The van der Waals surface area contributed by atoms with E-state index in [0.29, 0.717) is 16.9 Å². The molecule has 0 radical (unpaired) electrons. The molecule has 0 saturated carbocycles. The van der Waals surface area contributed by atoms with Gasteiger partial charge in [0.15, 0.2) is 11.5 Å². The third kappa shape index (κ3) is 2.33. The van der Waals surface area contributed by atoms with Crippen molar-refractivity contribution in [2.75, 3.05) is 14.2 Å². The van der Waals surface area contributed by atoms with E-state index in [9.17, 15) is 9.90 Å². The zero-order valence-electron chi connectivity index (χ0n) is 15.6. The van der Waals surface area contributed by atoms with Gasteiger partial charge in [-0.3, -0.25) is 14.3 Å². The summed E-state index contributed by atoms with van der Waals surface area (Å²) in [6.45, 7) is 3.63. The second-order valence-corrected chi connectivity index (χ2v) is 6.58. The van der Waals surface area contributed by atoms with Crippen molar-refractivity contribution in [2.24, 2.45) is 0 Å². The van der Waals surface area contributed by atoms with Gasteiger partial charge in [0.1, 0.15) is 0 Å². The van der Waals surface area contributed by atoms with Crippen LogP contribution in [0.1, 0.15) is 25.3 Å². The minimum absolute atomic E-state index is 0.0106. The predicted molar refractivity (Wildman–Crippen MR) is 106 cm³/mol. The third-order valence-corrected chi connectivity index (χ3v) is 5.06. The fraction of sp³-hybridized carbons (Fsp3) is 0.238. The molecule has 1 N–H and O–H groups in total. The van der Waals surface area contributed by atoms with E-state index in [1.165, 1.54) is 7.11 Å². The lowest BCUT2D eigenvalue weighted by molar-refractivity contribution is 0.358. The largest absolute Gasteiger partial charge is 0.513 e. The highest BCUT2D eigenvalue weighted by atomic mass is 16.5. The Morgan fingerprint density at radius 1 is 1.26 bits per heavy atom. The molecule has 138 valence electrons. The number of methoxy groups -OCH3 is 2. The highest BCUT2D eigenvalue weighted by Crippen LogP contribution is 2.43. The zero-order valence-corrected chi connectivity index (χ0v) is 15.6. The molecule has 6 heteroatoms. The highest BCUT2D eigenvalue weighted by Gasteiger charge is 2.30. The minimum atomic E-state index is -0.193. The smallest absolute Gasteiger partial charge is 0.267 e. The van der Waals surface area contributed by atoms with Crippen LogP contribution in [0, 0.1) is 0 Å². The second kappa shape index (κ2) is 6.16. The molecule has 1 unspecified atom stereocenters. The van der Waals surface area contributed by atoms with Crippen molar-refractivity contribution < 1.29 is 14.6 Å². The topological polar surface area (TPSA) is 73.6 Å². The molecule has 3 heterocycles. The number of ether oxygens (including phenoxy) is 2. The van der Waals surface area contributed by atoms with Crippen molar-refractivity contribution in [3.8, 4) is 11.5 Å². The van der Waals surface area contributed by atoms with Crippen molar-refractivity contribution in [1.82, 2.24) is 9.55 Å². The van der Waals surface area contributed by atoms with Gasteiger partial charge in [0.25, 0.3) is 5.56 Å². The second-order valence-electron chi connectivity index (χ2n) is 6.58. The van der Waals surface area contributed by atoms with Crippen LogP contribution >= 0.6 is 0 Å². The van der Waals surface area contributed by atoms with Crippen LogP contribution < -0.4 is 15.0 Å². The average Bonchev–Trinajstić information content (AvgIpc) is 2.96. The van der Waals surface area contributed by atoms with Crippen LogP contribution in [0.2, 0.25) is 0 Å². The van der Waals surface area contributed by atoms with E-state index in [0.717, 1.165) is 27.7 Å². The number of hydrogen-bond acceptors (Lipinski definition) is 5. The Labute approximate surface area is 156 Å². The SMILES string of the molecule is COc1ccc2c(c1OC)c(=O)n1c3c(ccnc23)C(C)/C1=C\C=C(/C)O. The normalized spacial score (nSPS) is 17.9. The van der Waals surface area contributed by atoms with Crippen LogP contribution in [0.4, 0.5) is 0 Å². The molecule has 0 amide bonds. The molecule has 0 spiro atoms. The van der Waals surface area contributed by atoms with Crippen LogP contribution in [-0.4, -0.2) is 28.9 Å². The number of fused-ring (bicyclic) bond motifs is 2. The first kappa shape index (κ1) is 17.1. The van der Waals surface area contributed by atoms with Crippen LogP contribution in [0.5, 0.6) is 11.5 Å². The van der Waals surface area contributed by atoms with Crippen molar-refractivity contribution >= 4 is 27.5 Å². The maximum Gasteiger partial charge on any atom is 0.267 e. The summed E-state index contributed by atoms with van der Waals surface area (Å²) in [5.41, 5.74) is 3.16. The number of aliphatic hydroxyl groups excluding tert-OH is 1. The number of aromatic nitrogens is 2. The van der Waals surface area contributed by atoms with E-state index < -0.39 is 0 Å². The monoisotopic (exact) mass is 364 g/mol. The third-order valence-electron chi connectivity index (χ3n) is 5.06. The van der Waals surface area contributed by atoms with E-state index in [4.69, 9.17) is 9.47 Å². The lowest BCUT2D eigenvalue weighted by Crippen LogP contribution is -2.19. The standard InChI is InChI=1S/C21H20N2O4/c1-11(24)5-7-15-12(2)13-9-10-22-18-14-6-8-16(26-3)20(27-4)17(14)21(25)23(15)19(13)18/h5-10,12,24H,1-4H3/b11-5+,15-7+. The molecule has 0 bridgehead atoms. The summed E-state index contributed by atoms with van der Waals surface area (Å²) in [7, 11) is 3.06. The van der Waals surface area contributed by atoms with Gasteiger partial charge in [0.05, 0.1) is 36.4 Å². The number of aliphatic hydroxyl groups is 1. The summed E-state index contributed by atoms with van der Waals surface area (Å²) in [6, 6.07) is 5.57. The van der Waals surface area contributed by atoms with Gasteiger partial charge in [-0.05, 0) is 42.8 Å². The minimum Gasteiger partial charge on any atom is -0.513 e. The van der Waals surface area contributed by atoms with Gasteiger partial charge in [-0.25, -0.2) is 0 Å². The molecule has 27 heavy (non-hydrogen) atoms. The molecule has 2 aromatic heterocycles. The van der Waals surface area contributed by atoms with Crippen LogP contribution in [0.15, 0.2) is 47.1 Å². The molecule has 0 aliphatic carbocycles. The summed E-state index contributed by atoms with van der Waals surface area (Å²) in [5.74, 6) is 1.05. The number of rotatable bonds is 3. The number of allylic oxidation sites excluding steroid dienone is 4. The van der Waals surface area contributed by atoms with E-state index >= 15 is 0 Å². The van der Waals surface area contributed by atoms with Crippen LogP contribution in [-0.2, 0) is 0 Å². The molecule has 0 saturated heterocycles. The van der Waals surface area contributed by atoms with Crippen molar-refractivity contribution in [1.29, 1.82) is 0 Å². The van der Waals surface area contributed by atoms with Gasteiger partial charge in [0, 0.05) is 23.2 Å². The fourth-order valence-corrected chi connectivity index (χ4v) is 3.82. The van der Waals surface area contributed by atoms with E-state index in [2.05, 4.69) is 4.98 Å². The van der Waals surface area contributed by atoms with Gasteiger partial charge >= 0.3 is 0 Å². The maximum atomic E-state index is 13.5. The van der Waals surface area contributed by atoms with Gasteiger partial charge in [-0.1, -0.05) is 6.92 Å². The molecule has 1 aliphatic heterocycles. The summed E-state index contributed by atoms with van der Waals surface area (Å²) in [4.78, 5) is 18.1. The highest BCUT2D eigenvalue weighted by molar-refractivity contribution is 6.09. The van der Waals surface area contributed by atoms with E-state index in [1.54, 1.807) is 43.0 Å². The van der Waals surface area contributed by atoms with Gasteiger partial charge in [0.2, 0.25) is 0 Å². The Morgan fingerprint density at radius 2 is 2.04 bits per heavy atom. The van der Waals surface area contributed by atoms with Crippen LogP contribution in [0.25, 0.3) is 27.5 Å². The van der Waals surface area contributed by atoms with Gasteiger partial charge in [-0.2, -0.15) is 0 Å². The fourth-order valence-electron chi connectivity index (χ4n) is 3.82. The molecule has 1 aliphatic rings. The molecule has 3 aromatic rings. The summed E-state index contributed by atoms with van der Waals surface area (Å²) >= 11 is 0. The summed E-state index contributed by atoms with van der Waals surface area (Å²) in [6.07, 6.45) is 5.13. The Balaban J connectivity index is 2.24.